The smallest absolute Gasteiger partial charge is 0.369 e. The summed E-state index contributed by atoms with van der Waals surface area (Å²) in [6.45, 7) is 1.11. The summed E-state index contributed by atoms with van der Waals surface area (Å²) in [4.78, 5) is 26.3. The van der Waals surface area contributed by atoms with Gasteiger partial charge in [-0.2, -0.15) is 26.3 Å². The first-order valence-corrected chi connectivity index (χ1v) is 12.2. The summed E-state index contributed by atoms with van der Waals surface area (Å²) in [5.41, 5.74) is -7.44. The van der Waals surface area contributed by atoms with Crippen LogP contribution < -0.4 is 5.32 Å². The predicted octanol–water partition coefficient (Wildman–Crippen LogP) is 3.63. The molecule has 202 valence electrons. The van der Waals surface area contributed by atoms with Crippen LogP contribution in [0.2, 0.25) is 0 Å². The van der Waals surface area contributed by atoms with E-state index in [1.807, 2.05) is 5.32 Å². The Morgan fingerprint density at radius 3 is 2.11 bits per heavy atom. The van der Waals surface area contributed by atoms with Crippen LogP contribution in [0.1, 0.15) is 29.7 Å². The highest BCUT2D eigenvalue weighted by Crippen LogP contribution is 2.50. The minimum atomic E-state index is -6.24. The van der Waals surface area contributed by atoms with E-state index in [4.69, 9.17) is 0 Å². The number of benzene rings is 2. The molecular weight excluding hydrogens is 537 g/mol. The van der Waals surface area contributed by atoms with E-state index in [1.54, 1.807) is 0 Å². The van der Waals surface area contributed by atoms with Gasteiger partial charge in [-0.3, -0.25) is 9.59 Å². The van der Waals surface area contributed by atoms with Crippen molar-refractivity contribution in [1.29, 1.82) is 0 Å². The van der Waals surface area contributed by atoms with Crippen LogP contribution in [-0.4, -0.2) is 55.4 Å². The highest BCUT2D eigenvalue weighted by Gasteiger charge is 2.71. The van der Waals surface area contributed by atoms with Crippen molar-refractivity contribution >= 4 is 27.3 Å². The number of nitrogens with zero attached hydrogens (tertiary/aromatic N) is 1. The average molecular weight is 556 g/mol. The first kappa shape index (κ1) is 28.4. The molecule has 37 heavy (non-hydrogen) atoms. The number of carbonyl (C=O) groups is 2. The van der Waals surface area contributed by atoms with E-state index < -0.39 is 62.7 Å². The van der Waals surface area contributed by atoms with E-state index in [0.717, 1.165) is 18.1 Å². The zero-order chi connectivity index (χ0) is 28.1. The topological polar surface area (TPSA) is 104 Å². The fourth-order valence-electron chi connectivity index (χ4n) is 3.99. The van der Waals surface area contributed by atoms with Crippen molar-refractivity contribution < 1.29 is 53.8 Å². The largest absolute Gasteiger partial charge is 0.430 e. The van der Waals surface area contributed by atoms with Crippen LogP contribution in [-0.2, 0) is 31.4 Å². The number of nitrogens with one attached hydrogen (secondary N) is 1. The number of halogens is 7. The summed E-state index contributed by atoms with van der Waals surface area (Å²) in [6.07, 6.45) is -11.3. The molecule has 3 rings (SSSR count). The van der Waals surface area contributed by atoms with Crippen LogP contribution >= 0.6 is 0 Å². The average Bonchev–Trinajstić information content (AvgIpc) is 2.76. The molecule has 0 bridgehead atoms. The van der Waals surface area contributed by atoms with Crippen molar-refractivity contribution in [3.63, 3.8) is 0 Å². The molecule has 7 nitrogen and oxygen atoms in total. The van der Waals surface area contributed by atoms with Gasteiger partial charge in [0.2, 0.25) is 5.91 Å². The number of fused-ring (bicyclic) bond motifs is 1. The second-order valence-electron chi connectivity index (χ2n) is 8.39. The van der Waals surface area contributed by atoms with Gasteiger partial charge in [-0.1, -0.05) is 12.1 Å². The number of rotatable bonds is 4. The SMILES string of the molecule is CC(=O)N1CCc2cc(S(C)(=O)=O)ccc2C1C(=O)Nc1ccc(C(O)(C(F)(F)F)C(F)(F)F)cc1F. The fraction of sp³-hybridized carbons (Fsp3) is 0.364. The van der Waals surface area contributed by atoms with Gasteiger partial charge in [-0.05, 0) is 41.8 Å². The first-order chi connectivity index (χ1) is 16.8. The Hall–Kier alpha value is -3.20. The number of sulfone groups is 1. The maximum atomic E-state index is 14.6. The number of anilines is 1. The van der Waals surface area contributed by atoms with Gasteiger partial charge in [0, 0.05) is 25.3 Å². The summed E-state index contributed by atoms with van der Waals surface area (Å²) in [6, 6.07) is 2.77. The van der Waals surface area contributed by atoms with Crippen LogP contribution in [0.5, 0.6) is 0 Å². The van der Waals surface area contributed by atoms with E-state index in [0.29, 0.717) is 11.6 Å². The Labute approximate surface area is 205 Å². The maximum absolute atomic E-state index is 14.6. The van der Waals surface area contributed by atoms with Crippen LogP contribution in [0.4, 0.5) is 36.4 Å². The van der Waals surface area contributed by atoms with Crippen molar-refractivity contribution in [2.75, 3.05) is 18.1 Å². The van der Waals surface area contributed by atoms with E-state index in [9.17, 15) is 53.8 Å². The van der Waals surface area contributed by atoms with Gasteiger partial charge in [-0.25, -0.2) is 12.8 Å². The van der Waals surface area contributed by atoms with Crippen molar-refractivity contribution in [1.82, 2.24) is 4.90 Å². The van der Waals surface area contributed by atoms with Gasteiger partial charge >= 0.3 is 12.4 Å². The molecule has 1 aliphatic rings. The molecule has 1 aliphatic heterocycles. The quantitative estimate of drug-likeness (QED) is 0.560. The maximum Gasteiger partial charge on any atom is 0.430 e. The third-order valence-corrected chi connectivity index (χ3v) is 7.00. The second-order valence-corrected chi connectivity index (χ2v) is 10.4. The molecule has 2 N–H and O–H groups in total. The fourth-order valence-corrected chi connectivity index (χ4v) is 4.66. The Balaban J connectivity index is 2.00. The Morgan fingerprint density at radius 2 is 1.62 bits per heavy atom. The summed E-state index contributed by atoms with van der Waals surface area (Å²) in [5.74, 6) is -3.35. The van der Waals surface area contributed by atoms with Crippen LogP contribution in [0.25, 0.3) is 0 Å². The van der Waals surface area contributed by atoms with E-state index >= 15 is 0 Å². The number of aliphatic hydroxyl groups is 1. The summed E-state index contributed by atoms with van der Waals surface area (Å²) in [7, 11) is -3.61. The second kappa shape index (κ2) is 9.28. The molecule has 0 aromatic heterocycles. The Kier molecular flexibility index (Phi) is 7.11. The van der Waals surface area contributed by atoms with Crippen molar-refractivity contribution in [2.24, 2.45) is 0 Å². The Bertz CT molecular complexity index is 1340. The molecule has 0 radical (unpaired) electrons. The Morgan fingerprint density at radius 1 is 1.03 bits per heavy atom. The number of hydrogen-bond donors (Lipinski definition) is 2. The molecule has 1 unspecified atom stereocenters. The molecule has 0 aliphatic carbocycles. The number of hydrogen-bond acceptors (Lipinski definition) is 5. The summed E-state index contributed by atoms with van der Waals surface area (Å²) < 4.78 is 117. The molecule has 0 saturated heterocycles. The van der Waals surface area contributed by atoms with Crippen LogP contribution in [0.3, 0.4) is 0 Å². The molecule has 15 heteroatoms. The zero-order valence-electron chi connectivity index (χ0n) is 19.0. The molecule has 0 fully saturated rings. The number of amides is 2. The zero-order valence-corrected chi connectivity index (χ0v) is 19.9. The molecular formula is C22H19F7N2O5S. The van der Waals surface area contributed by atoms with Gasteiger partial charge in [-0.15, -0.1) is 0 Å². The molecule has 0 spiro atoms. The molecule has 2 amide bonds. The first-order valence-electron chi connectivity index (χ1n) is 10.4. The number of carbonyl (C=O) groups excluding carboxylic acids is 2. The van der Waals surface area contributed by atoms with Gasteiger partial charge in [0.1, 0.15) is 11.9 Å². The minimum absolute atomic E-state index is 0.0285. The van der Waals surface area contributed by atoms with Gasteiger partial charge < -0.3 is 15.3 Å². The highest BCUT2D eigenvalue weighted by molar-refractivity contribution is 7.90. The van der Waals surface area contributed by atoms with E-state index in [1.165, 1.54) is 18.2 Å². The molecule has 1 heterocycles. The van der Waals surface area contributed by atoms with Crippen molar-refractivity contribution in [2.45, 2.75) is 42.2 Å². The lowest BCUT2D eigenvalue weighted by Gasteiger charge is -2.36. The van der Waals surface area contributed by atoms with Crippen LogP contribution in [0.15, 0.2) is 41.3 Å². The molecule has 0 saturated carbocycles. The molecule has 1 atom stereocenters. The predicted molar refractivity (Wildman–Crippen MR) is 114 cm³/mol. The minimum Gasteiger partial charge on any atom is -0.369 e. The van der Waals surface area contributed by atoms with E-state index in [-0.39, 0.29) is 35.6 Å². The standard InChI is InChI=1S/C22H19F7N2O5S/c1-11(32)31-8-7-12-9-14(37(2,35)36)4-5-15(12)18(31)19(33)30-17-6-3-13(10-16(17)23)20(34,21(24,25)26)22(27,28)29/h3-6,9-10,18,34H,7-8H2,1-2H3,(H,30,33). The van der Waals surface area contributed by atoms with Gasteiger partial charge in [0.05, 0.1) is 10.6 Å². The lowest BCUT2D eigenvalue weighted by molar-refractivity contribution is -0.376. The van der Waals surface area contributed by atoms with Crippen LogP contribution in [0, 0.1) is 5.82 Å². The highest BCUT2D eigenvalue weighted by atomic mass is 32.2. The van der Waals surface area contributed by atoms with Gasteiger partial charge in [0.15, 0.2) is 9.84 Å². The molecule has 2 aromatic rings. The summed E-state index contributed by atoms with van der Waals surface area (Å²) >= 11 is 0. The summed E-state index contributed by atoms with van der Waals surface area (Å²) in [5, 5.41) is 11.5. The van der Waals surface area contributed by atoms with Crippen molar-refractivity contribution in [3.05, 3.63) is 58.9 Å². The lowest BCUT2D eigenvalue weighted by atomic mass is 9.91. The molecule has 2 aromatic carbocycles. The normalized spacial score (nSPS) is 16.8. The third-order valence-electron chi connectivity index (χ3n) is 5.89. The van der Waals surface area contributed by atoms with Gasteiger partial charge in [0.25, 0.3) is 11.5 Å². The van der Waals surface area contributed by atoms with E-state index in [2.05, 4.69) is 0 Å². The monoisotopic (exact) mass is 556 g/mol. The number of alkyl halides is 6. The lowest BCUT2D eigenvalue weighted by Crippen LogP contribution is -2.54. The van der Waals surface area contributed by atoms with Crippen molar-refractivity contribution in [3.8, 4) is 0 Å². The third kappa shape index (κ3) is 5.14.